The zero-order chi connectivity index (χ0) is 51.2. The number of rotatable bonds is 13. The van der Waals surface area contributed by atoms with Crippen LogP contribution in [0.4, 0.5) is 34.1 Å². The predicted octanol–water partition coefficient (Wildman–Crippen LogP) is 20.9. The summed E-state index contributed by atoms with van der Waals surface area (Å²) in [6.45, 7) is 4.49. The molecule has 0 spiro atoms. The van der Waals surface area contributed by atoms with E-state index in [9.17, 15) is 0 Å². The van der Waals surface area contributed by atoms with Gasteiger partial charge in [-0.15, -0.1) is 0 Å². The van der Waals surface area contributed by atoms with E-state index in [4.69, 9.17) is 0 Å². The lowest BCUT2D eigenvalue weighted by Crippen LogP contribution is -2.12. The van der Waals surface area contributed by atoms with Gasteiger partial charge in [-0.05, 0) is 152 Å². The fraction of sp³-hybridized carbons (Fsp3) is 0.0270. The third kappa shape index (κ3) is 9.76. The van der Waals surface area contributed by atoms with Crippen LogP contribution in [0.25, 0.3) is 77.9 Å². The van der Waals surface area contributed by atoms with Gasteiger partial charge in [0, 0.05) is 33.9 Å². The standard InChI is InChI=1S/C74H56N2/c1-53-51-67(75(73-29-17-15-27-71(73)63-23-11-5-12-24-63)65-43-39-61(40-44-65)59-35-31-57(32-36-59)55-19-7-3-8-20-55)47-49-69(53)70-50-48-68(52-54(70)2)76(74-30-18-16-28-72(74)64-25-13-6-14-26-64)66-45-41-62(42-46-66)60-37-33-58(34-38-60)56-21-9-4-10-22-56/h3-52H,1-2H3. The molecule has 12 rings (SSSR count). The molecule has 0 radical (unpaired) electrons. The number of para-hydroxylation sites is 2. The molecule has 2 nitrogen and oxygen atoms in total. The third-order valence-electron chi connectivity index (χ3n) is 14.6. The highest BCUT2D eigenvalue weighted by molar-refractivity contribution is 5.92. The highest BCUT2D eigenvalue weighted by atomic mass is 15.1. The van der Waals surface area contributed by atoms with Crippen LogP contribution in [-0.2, 0) is 0 Å². The van der Waals surface area contributed by atoms with Crippen molar-refractivity contribution in [3.05, 3.63) is 314 Å². The van der Waals surface area contributed by atoms with Gasteiger partial charge in [-0.25, -0.2) is 0 Å². The lowest BCUT2D eigenvalue weighted by Gasteiger charge is -2.29. The molecule has 0 amide bonds. The van der Waals surface area contributed by atoms with E-state index in [1.807, 2.05) is 0 Å². The third-order valence-corrected chi connectivity index (χ3v) is 14.6. The van der Waals surface area contributed by atoms with Crippen LogP contribution in [0.1, 0.15) is 11.1 Å². The second-order valence-corrected chi connectivity index (χ2v) is 19.4. The van der Waals surface area contributed by atoms with Crippen LogP contribution in [-0.4, -0.2) is 0 Å². The van der Waals surface area contributed by atoms with E-state index < -0.39 is 0 Å². The molecule has 0 aliphatic carbocycles. The molecular formula is C74H56N2. The van der Waals surface area contributed by atoms with Crippen LogP contribution in [0.5, 0.6) is 0 Å². The fourth-order valence-corrected chi connectivity index (χ4v) is 10.7. The first-order chi connectivity index (χ1) is 37.5. The lowest BCUT2D eigenvalue weighted by molar-refractivity contribution is 1.26. The SMILES string of the molecule is Cc1cc(N(c2ccc(-c3ccc(-c4ccccc4)cc3)cc2)c2ccccc2-c2ccccc2)ccc1-c1ccc(N(c2ccc(-c3ccc(-c4ccccc4)cc3)cc2)c2ccccc2-c2ccccc2)cc1C. The Labute approximate surface area is 447 Å². The van der Waals surface area contributed by atoms with Gasteiger partial charge in [0.15, 0.2) is 0 Å². The average molecular weight is 973 g/mol. The molecule has 0 aliphatic rings. The van der Waals surface area contributed by atoms with Gasteiger partial charge in [-0.1, -0.05) is 243 Å². The van der Waals surface area contributed by atoms with Gasteiger partial charge < -0.3 is 9.80 Å². The van der Waals surface area contributed by atoms with E-state index in [2.05, 4.69) is 327 Å². The summed E-state index contributed by atoms with van der Waals surface area (Å²) in [4.78, 5) is 4.81. The van der Waals surface area contributed by atoms with Crippen molar-refractivity contribution in [2.75, 3.05) is 9.80 Å². The maximum Gasteiger partial charge on any atom is 0.0540 e. The van der Waals surface area contributed by atoms with Gasteiger partial charge >= 0.3 is 0 Å². The summed E-state index contributed by atoms with van der Waals surface area (Å²) in [6, 6.07) is 110. The van der Waals surface area contributed by atoms with E-state index >= 15 is 0 Å². The van der Waals surface area contributed by atoms with E-state index in [-0.39, 0.29) is 0 Å². The summed E-state index contributed by atoms with van der Waals surface area (Å²) in [6.07, 6.45) is 0. The summed E-state index contributed by atoms with van der Waals surface area (Å²) in [5.74, 6) is 0. The van der Waals surface area contributed by atoms with Crippen molar-refractivity contribution in [2.24, 2.45) is 0 Å². The van der Waals surface area contributed by atoms with Crippen LogP contribution in [0.2, 0.25) is 0 Å². The van der Waals surface area contributed by atoms with E-state index in [0.29, 0.717) is 0 Å². The predicted molar refractivity (Wildman–Crippen MR) is 323 cm³/mol. The molecule has 0 saturated heterocycles. The molecule has 12 aromatic carbocycles. The molecule has 0 saturated carbocycles. The van der Waals surface area contributed by atoms with Crippen molar-refractivity contribution in [3.8, 4) is 77.9 Å². The van der Waals surface area contributed by atoms with E-state index in [1.165, 1.54) is 89.0 Å². The molecule has 12 aromatic rings. The highest BCUT2D eigenvalue weighted by Gasteiger charge is 2.21. The number of anilines is 6. The monoisotopic (exact) mass is 972 g/mol. The molecule has 76 heavy (non-hydrogen) atoms. The number of nitrogens with zero attached hydrogens (tertiary/aromatic N) is 2. The van der Waals surface area contributed by atoms with Gasteiger partial charge in [0.25, 0.3) is 0 Å². The Hall–Kier alpha value is -9.76. The van der Waals surface area contributed by atoms with Crippen LogP contribution in [0, 0.1) is 13.8 Å². The second kappa shape index (κ2) is 21.4. The lowest BCUT2D eigenvalue weighted by atomic mass is 9.94. The Balaban J connectivity index is 0.895. The molecule has 0 N–H and O–H groups in total. The largest absolute Gasteiger partial charge is 0.310 e. The molecule has 0 bridgehead atoms. The van der Waals surface area contributed by atoms with Gasteiger partial charge in [0.2, 0.25) is 0 Å². The molecule has 0 atom stereocenters. The van der Waals surface area contributed by atoms with E-state index in [1.54, 1.807) is 0 Å². The Morgan fingerprint density at radius 3 is 0.724 bits per heavy atom. The first kappa shape index (κ1) is 47.3. The normalized spacial score (nSPS) is 11.0. The molecule has 0 aromatic heterocycles. The number of aryl methyl sites for hydroxylation is 2. The maximum atomic E-state index is 2.41. The smallest absolute Gasteiger partial charge is 0.0540 e. The second-order valence-electron chi connectivity index (χ2n) is 19.4. The van der Waals surface area contributed by atoms with Crippen molar-refractivity contribution >= 4 is 34.1 Å². The Kier molecular flexibility index (Phi) is 13.3. The van der Waals surface area contributed by atoms with Crippen molar-refractivity contribution in [1.29, 1.82) is 0 Å². The quantitative estimate of drug-likeness (QED) is 0.114. The number of hydrogen-bond acceptors (Lipinski definition) is 2. The summed E-state index contributed by atoms with van der Waals surface area (Å²) in [7, 11) is 0. The molecule has 0 heterocycles. The summed E-state index contributed by atoms with van der Waals surface area (Å²) in [5, 5.41) is 0. The topological polar surface area (TPSA) is 6.48 Å². The molecule has 362 valence electrons. The molecule has 0 fully saturated rings. The Morgan fingerprint density at radius 1 is 0.184 bits per heavy atom. The van der Waals surface area contributed by atoms with Crippen LogP contribution in [0.3, 0.4) is 0 Å². The van der Waals surface area contributed by atoms with Gasteiger partial charge in [-0.3, -0.25) is 0 Å². The van der Waals surface area contributed by atoms with Crippen LogP contribution in [0.15, 0.2) is 303 Å². The summed E-state index contributed by atoms with van der Waals surface area (Å²) in [5.41, 5.74) is 25.7. The number of benzene rings is 12. The van der Waals surface area contributed by atoms with Gasteiger partial charge in [0.1, 0.15) is 0 Å². The minimum absolute atomic E-state index is 1.09. The molecule has 0 aliphatic heterocycles. The number of hydrogen-bond donors (Lipinski definition) is 0. The van der Waals surface area contributed by atoms with Gasteiger partial charge in [0.05, 0.1) is 11.4 Å². The molecule has 0 unspecified atom stereocenters. The molecular weight excluding hydrogens is 917 g/mol. The van der Waals surface area contributed by atoms with Crippen LogP contribution < -0.4 is 9.80 Å². The van der Waals surface area contributed by atoms with Crippen molar-refractivity contribution < 1.29 is 0 Å². The highest BCUT2D eigenvalue weighted by Crippen LogP contribution is 2.45. The van der Waals surface area contributed by atoms with Gasteiger partial charge in [-0.2, -0.15) is 0 Å². The fourth-order valence-electron chi connectivity index (χ4n) is 10.7. The first-order valence-electron chi connectivity index (χ1n) is 26.2. The first-order valence-corrected chi connectivity index (χ1v) is 26.2. The minimum atomic E-state index is 1.09. The van der Waals surface area contributed by atoms with Crippen molar-refractivity contribution in [3.63, 3.8) is 0 Å². The summed E-state index contributed by atoms with van der Waals surface area (Å²) < 4.78 is 0. The Bertz CT molecular complexity index is 3630. The Morgan fingerprint density at radius 2 is 0.421 bits per heavy atom. The zero-order valence-corrected chi connectivity index (χ0v) is 42.8. The van der Waals surface area contributed by atoms with Crippen LogP contribution >= 0.6 is 0 Å². The average Bonchev–Trinajstić information content (AvgIpc) is 3.49. The minimum Gasteiger partial charge on any atom is -0.310 e. The van der Waals surface area contributed by atoms with Crippen molar-refractivity contribution in [1.82, 2.24) is 0 Å². The zero-order valence-electron chi connectivity index (χ0n) is 42.8. The molecule has 2 heteroatoms. The van der Waals surface area contributed by atoms with E-state index in [0.717, 1.165) is 34.1 Å². The maximum absolute atomic E-state index is 2.41. The van der Waals surface area contributed by atoms with Crippen molar-refractivity contribution in [2.45, 2.75) is 13.8 Å². The summed E-state index contributed by atoms with van der Waals surface area (Å²) >= 11 is 0.